The van der Waals surface area contributed by atoms with Gasteiger partial charge in [-0.15, -0.1) is 0 Å². The molecule has 3 nitrogen and oxygen atoms in total. The molecule has 0 aliphatic rings. The third-order valence-corrected chi connectivity index (χ3v) is 2.39. The average molecular weight is 218 g/mol. The Balaban J connectivity index is 3.23. The highest BCUT2D eigenvalue weighted by atomic mass is 16.5. The number of hydrogen-bond donors (Lipinski definition) is 1. The fraction of sp³-hybridized carbons (Fsp3) is 0.308. The van der Waals surface area contributed by atoms with Crippen LogP contribution < -0.4 is 10.5 Å². The Labute approximate surface area is 96.6 Å². The Bertz CT molecular complexity index is 430. The molecule has 1 aromatic carbocycles. The molecule has 0 aliphatic carbocycles. The van der Waals surface area contributed by atoms with Gasteiger partial charge < -0.3 is 10.5 Å². The number of ether oxygens (including phenoxy) is 1. The predicted molar refractivity (Wildman–Crippen MR) is 68.9 cm³/mol. The summed E-state index contributed by atoms with van der Waals surface area (Å²) < 4.78 is 5.22. The third-order valence-electron chi connectivity index (χ3n) is 2.39. The van der Waals surface area contributed by atoms with Gasteiger partial charge in [0, 0.05) is 24.5 Å². The second kappa shape index (κ2) is 5.35. The van der Waals surface area contributed by atoms with Gasteiger partial charge in [0.15, 0.2) is 0 Å². The summed E-state index contributed by atoms with van der Waals surface area (Å²) in [6.07, 6.45) is 1.77. The number of benzene rings is 1. The number of aliphatic imine (C=N–C) groups is 1. The number of allylic oxidation sites excluding steroid dienone is 2. The second-order valence-electron chi connectivity index (χ2n) is 3.67. The molecule has 0 radical (unpaired) electrons. The van der Waals surface area contributed by atoms with Gasteiger partial charge in [-0.2, -0.15) is 0 Å². The standard InChI is InChI=1S/C13H18N2O/c1-9-7-11(5-6-13(9)16-4)12(8-15-3)10(2)14/h5-8H,14H2,1-4H3. The fourth-order valence-corrected chi connectivity index (χ4v) is 1.58. The van der Waals surface area contributed by atoms with Crippen molar-refractivity contribution in [1.82, 2.24) is 0 Å². The van der Waals surface area contributed by atoms with Gasteiger partial charge >= 0.3 is 0 Å². The summed E-state index contributed by atoms with van der Waals surface area (Å²) in [5, 5.41) is 0. The molecule has 1 aromatic rings. The maximum absolute atomic E-state index is 5.83. The zero-order valence-corrected chi connectivity index (χ0v) is 10.2. The Morgan fingerprint density at radius 1 is 1.44 bits per heavy atom. The van der Waals surface area contributed by atoms with E-state index >= 15 is 0 Å². The maximum atomic E-state index is 5.83. The molecular formula is C13H18N2O. The first-order valence-electron chi connectivity index (χ1n) is 5.13. The van der Waals surface area contributed by atoms with E-state index in [4.69, 9.17) is 10.5 Å². The van der Waals surface area contributed by atoms with Crippen LogP contribution in [-0.2, 0) is 0 Å². The van der Waals surface area contributed by atoms with Crippen molar-refractivity contribution < 1.29 is 4.74 Å². The molecule has 0 saturated heterocycles. The van der Waals surface area contributed by atoms with Crippen molar-refractivity contribution >= 4 is 11.8 Å². The Morgan fingerprint density at radius 2 is 2.12 bits per heavy atom. The minimum atomic E-state index is 0.759. The van der Waals surface area contributed by atoms with Crippen LogP contribution in [0.1, 0.15) is 18.1 Å². The lowest BCUT2D eigenvalue weighted by atomic mass is 10.0. The molecule has 0 aromatic heterocycles. The SMILES string of the molecule is CN=CC(=C(C)N)c1ccc(OC)c(C)c1. The molecule has 2 N–H and O–H groups in total. The molecule has 0 spiro atoms. The number of aryl methyl sites for hydroxylation is 1. The summed E-state index contributed by atoms with van der Waals surface area (Å²) in [4.78, 5) is 4.01. The first-order valence-corrected chi connectivity index (χ1v) is 5.13. The maximum Gasteiger partial charge on any atom is 0.121 e. The van der Waals surface area contributed by atoms with Crippen LogP contribution in [0.25, 0.3) is 5.57 Å². The van der Waals surface area contributed by atoms with Crippen LogP contribution in [0.5, 0.6) is 5.75 Å². The van der Waals surface area contributed by atoms with E-state index in [2.05, 4.69) is 4.99 Å². The van der Waals surface area contributed by atoms with Gasteiger partial charge in [-0.25, -0.2) is 0 Å². The van der Waals surface area contributed by atoms with Crippen LogP contribution in [0.15, 0.2) is 28.9 Å². The van der Waals surface area contributed by atoms with E-state index in [0.29, 0.717) is 0 Å². The van der Waals surface area contributed by atoms with Crippen LogP contribution in [0.4, 0.5) is 0 Å². The first kappa shape index (κ1) is 12.3. The lowest BCUT2D eigenvalue weighted by molar-refractivity contribution is 0.411. The van der Waals surface area contributed by atoms with E-state index < -0.39 is 0 Å². The minimum absolute atomic E-state index is 0.759. The molecule has 86 valence electrons. The van der Waals surface area contributed by atoms with Crippen molar-refractivity contribution in [3.63, 3.8) is 0 Å². The third kappa shape index (κ3) is 2.63. The van der Waals surface area contributed by atoms with Crippen LogP contribution in [0, 0.1) is 6.92 Å². The van der Waals surface area contributed by atoms with E-state index in [1.165, 1.54) is 0 Å². The molecular weight excluding hydrogens is 200 g/mol. The molecule has 0 aliphatic heterocycles. The molecule has 0 saturated carbocycles. The van der Waals surface area contributed by atoms with Gasteiger partial charge in [0.05, 0.1) is 7.11 Å². The second-order valence-corrected chi connectivity index (χ2v) is 3.67. The fourth-order valence-electron chi connectivity index (χ4n) is 1.58. The molecule has 0 unspecified atom stereocenters. The number of nitrogens with zero attached hydrogens (tertiary/aromatic N) is 1. The zero-order chi connectivity index (χ0) is 12.1. The van der Waals surface area contributed by atoms with Gasteiger partial charge in [-0.05, 0) is 37.1 Å². The molecule has 0 atom stereocenters. The van der Waals surface area contributed by atoms with E-state index in [0.717, 1.165) is 28.1 Å². The topological polar surface area (TPSA) is 47.6 Å². The number of hydrogen-bond acceptors (Lipinski definition) is 3. The Hall–Kier alpha value is -1.77. The van der Waals surface area contributed by atoms with Gasteiger partial charge in [0.1, 0.15) is 5.75 Å². The van der Waals surface area contributed by atoms with Crippen molar-refractivity contribution in [2.24, 2.45) is 10.7 Å². The zero-order valence-electron chi connectivity index (χ0n) is 10.2. The summed E-state index contributed by atoms with van der Waals surface area (Å²) in [6.45, 7) is 3.88. The molecule has 0 fully saturated rings. The van der Waals surface area contributed by atoms with Crippen LogP contribution in [0.2, 0.25) is 0 Å². The van der Waals surface area contributed by atoms with Gasteiger partial charge in [0.25, 0.3) is 0 Å². The monoisotopic (exact) mass is 218 g/mol. The van der Waals surface area contributed by atoms with Gasteiger partial charge in [0.2, 0.25) is 0 Å². The number of methoxy groups -OCH3 is 1. The summed E-state index contributed by atoms with van der Waals surface area (Å²) >= 11 is 0. The lowest BCUT2D eigenvalue weighted by Crippen LogP contribution is -2.00. The van der Waals surface area contributed by atoms with Crippen molar-refractivity contribution in [2.75, 3.05) is 14.2 Å². The highest BCUT2D eigenvalue weighted by Crippen LogP contribution is 2.23. The predicted octanol–water partition coefficient (Wildman–Crippen LogP) is 2.39. The van der Waals surface area contributed by atoms with E-state index in [9.17, 15) is 0 Å². The number of rotatable bonds is 3. The molecule has 1 rings (SSSR count). The van der Waals surface area contributed by atoms with Crippen LogP contribution in [0.3, 0.4) is 0 Å². The smallest absolute Gasteiger partial charge is 0.121 e. The minimum Gasteiger partial charge on any atom is -0.496 e. The van der Waals surface area contributed by atoms with Gasteiger partial charge in [-0.1, -0.05) is 6.07 Å². The van der Waals surface area contributed by atoms with Gasteiger partial charge in [-0.3, -0.25) is 4.99 Å². The van der Waals surface area contributed by atoms with E-state index in [1.807, 2.05) is 32.0 Å². The Morgan fingerprint density at radius 3 is 2.56 bits per heavy atom. The van der Waals surface area contributed by atoms with Crippen LogP contribution in [-0.4, -0.2) is 20.4 Å². The largest absolute Gasteiger partial charge is 0.496 e. The van der Waals surface area contributed by atoms with Crippen molar-refractivity contribution in [3.05, 3.63) is 35.0 Å². The number of nitrogens with two attached hydrogens (primary N) is 1. The molecule has 0 bridgehead atoms. The van der Waals surface area contributed by atoms with Crippen molar-refractivity contribution in [3.8, 4) is 5.75 Å². The summed E-state index contributed by atoms with van der Waals surface area (Å²) in [5.41, 5.74) is 9.69. The Kier molecular flexibility index (Phi) is 4.11. The lowest BCUT2D eigenvalue weighted by Gasteiger charge is -2.09. The van der Waals surface area contributed by atoms with E-state index in [1.54, 1.807) is 20.4 Å². The highest BCUT2D eigenvalue weighted by Gasteiger charge is 2.04. The normalized spacial score (nSPS) is 12.8. The highest BCUT2D eigenvalue weighted by molar-refractivity contribution is 6.10. The molecule has 3 heteroatoms. The van der Waals surface area contributed by atoms with Crippen LogP contribution >= 0.6 is 0 Å². The summed E-state index contributed by atoms with van der Waals surface area (Å²) in [5.74, 6) is 0.881. The van der Waals surface area contributed by atoms with E-state index in [-0.39, 0.29) is 0 Å². The van der Waals surface area contributed by atoms with Crippen molar-refractivity contribution in [1.29, 1.82) is 0 Å². The quantitative estimate of drug-likeness (QED) is 0.792. The molecule has 0 heterocycles. The molecule has 0 amide bonds. The molecule has 16 heavy (non-hydrogen) atoms. The van der Waals surface area contributed by atoms with Crippen molar-refractivity contribution in [2.45, 2.75) is 13.8 Å². The first-order chi connectivity index (χ1) is 7.60. The summed E-state index contributed by atoms with van der Waals surface area (Å²) in [7, 11) is 3.40. The summed E-state index contributed by atoms with van der Waals surface area (Å²) in [6, 6.07) is 5.97. The average Bonchev–Trinajstić information content (AvgIpc) is 2.25.